The smallest absolute Gasteiger partial charge is 0.265 e. The van der Waals surface area contributed by atoms with Crippen LogP contribution in [-0.2, 0) is 20.8 Å². The first kappa shape index (κ1) is 32.0. The number of ether oxygens (including phenoxy) is 1. The van der Waals surface area contributed by atoms with Crippen molar-refractivity contribution in [3.05, 3.63) is 65.2 Å². The van der Waals surface area contributed by atoms with Crippen molar-refractivity contribution in [2.75, 3.05) is 19.5 Å². The highest BCUT2D eigenvalue weighted by Gasteiger charge is 2.42. The topological polar surface area (TPSA) is 142 Å². The Balaban J connectivity index is 1.76. The lowest BCUT2D eigenvalue weighted by atomic mass is 9.96. The van der Waals surface area contributed by atoms with Crippen molar-refractivity contribution in [1.82, 2.24) is 15.5 Å². The van der Waals surface area contributed by atoms with E-state index < -0.39 is 49.5 Å². The number of rotatable bonds is 14. The minimum atomic E-state index is -4.21. The molecule has 0 saturated heterocycles. The number of likely N-dealkylation sites (N-methyl/N-ethyl adjacent to an activating group) is 1. The van der Waals surface area contributed by atoms with Crippen LogP contribution in [0.25, 0.3) is 0 Å². The van der Waals surface area contributed by atoms with Gasteiger partial charge in [0.2, 0.25) is 19.2 Å². The molecule has 3 atom stereocenters. The highest BCUT2D eigenvalue weighted by atomic mass is 31.2. The first-order valence-corrected chi connectivity index (χ1v) is 15.8. The standard InChI is InChI=1S/C30H40N3O7P/c1-19(2)14-22(27(34)32-24(15-20(3)4)28(35)31-5)17-41(38,39)18-33-29(36)23-12-9-13-25(26(23)30(33)37)40-16-21-10-7-6-8-11-21/h6-13,19-20,22,24H,14-18H2,1-5H3,(H,31,35)(H,32,34)(H,38,39)/t22-,24+/m1/s1. The van der Waals surface area contributed by atoms with Gasteiger partial charge in [0.25, 0.3) is 11.8 Å². The molecular formula is C30H40N3O7P. The van der Waals surface area contributed by atoms with Crippen LogP contribution in [0, 0.1) is 17.8 Å². The van der Waals surface area contributed by atoms with Crippen molar-refractivity contribution in [2.24, 2.45) is 17.8 Å². The van der Waals surface area contributed by atoms with Crippen molar-refractivity contribution < 1.29 is 33.4 Å². The molecule has 0 saturated carbocycles. The van der Waals surface area contributed by atoms with Crippen molar-refractivity contribution in [2.45, 2.75) is 53.2 Å². The van der Waals surface area contributed by atoms with Gasteiger partial charge in [0.05, 0.1) is 11.1 Å². The molecule has 10 nitrogen and oxygen atoms in total. The number of benzene rings is 2. The molecule has 11 heteroatoms. The highest BCUT2D eigenvalue weighted by Crippen LogP contribution is 2.46. The van der Waals surface area contributed by atoms with Gasteiger partial charge in [0, 0.05) is 19.1 Å². The molecule has 0 bridgehead atoms. The predicted molar refractivity (Wildman–Crippen MR) is 156 cm³/mol. The molecule has 1 aliphatic rings. The monoisotopic (exact) mass is 585 g/mol. The summed E-state index contributed by atoms with van der Waals surface area (Å²) in [6.45, 7) is 7.80. The summed E-state index contributed by atoms with van der Waals surface area (Å²) in [5.41, 5.74) is 1.02. The summed E-state index contributed by atoms with van der Waals surface area (Å²) in [5.74, 6) is -2.82. The summed E-state index contributed by atoms with van der Waals surface area (Å²) in [6, 6.07) is 13.2. The Morgan fingerprint density at radius 2 is 1.59 bits per heavy atom. The molecule has 2 aromatic carbocycles. The number of nitrogens with zero attached hydrogens (tertiary/aromatic N) is 1. The second kappa shape index (κ2) is 13.9. The highest BCUT2D eigenvalue weighted by molar-refractivity contribution is 7.58. The Hall–Kier alpha value is -3.49. The van der Waals surface area contributed by atoms with E-state index in [0.717, 1.165) is 10.5 Å². The van der Waals surface area contributed by atoms with E-state index in [2.05, 4.69) is 10.6 Å². The first-order chi connectivity index (χ1) is 19.3. The number of hydrogen-bond acceptors (Lipinski definition) is 6. The summed E-state index contributed by atoms with van der Waals surface area (Å²) in [5, 5.41) is 5.28. The van der Waals surface area contributed by atoms with Gasteiger partial charge in [-0.15, -0.1) is 0 Å². The lowest BCUT2D eigenvalue weighted by molar-refractivity contribution is -0.131. The zero-order valence-electron chi connectivity index (χ0n) is 24.3. The fourth-order valence-corrected chi connectivity index (χ4v) is 6.73. The molecule has 0 radical (unpaired) electrons. The van der Waals surface area contributed by atoms with E-state index in [1.807, 2.05) is 58.0 Å². The number of carbonyl (C=O) groups is 4. The Morgan fingerprint density at radius 1 is 0.927 bits per heavy atom. The normalized spacial score (nSPS) is 15.9. The quantitative estimate of drug-likeness (QED) is 0.225. The van der Waals surface area contributed by atoms with Crippen LogP contribution in [0.15, 0.2) is 48.5 Å². The van der Waals surface area contributed by atoms with Crippen LogP contribution < -0.4 is 15.4 Å². The molecule has 2 aromatic rings. The Labute approximate surface area is 241 Å². The summed E-state index contributed by atoms with van der Waals surface area (Å²) in [7, 11) is -2.73. The van der Waals surface area contributed by atoms with Crippen LogP contribution in [0.4, 0.5) is 0 Å². The average Bonchev–Trinajstić information content (AvgIpc) is 3.15. The van der Waals surface area contributed by atoms with E-state index in [1.165, 1.54) is 13.1 Å². The molecule has 1 heterocycles. The summed E-state index contributed by atoms with van der Waals surface area (Å²) < 4.78 is 19.3. The van der Waals surface area contributed by atoms with Crippen molar-refractivity contribution in [3.63, 3.8) is 0 Å². The van der Waals surface area contributed by atoms with E-state index in [9.17, 15) is 28.6 Å². The number of carbonyl (C=O) groups excluding carboxylic acids is 4. The number of imide groups is 1. The fourth-order valence-electron chi connectivity index (χ4n) is 4.91. The lowest BCUT2D eigenvalue weighted by Gasteiger charge is -2.26. The third-order valence-electron chi connectivity index (χ3n) is 6.78. The molecule has 1 unspecified atom stereocenters. The van der Waals surface area contributed by atoms with Crippen LogP contribution in [0.5, 0.6) is 5.75 Å². The Bertz CT molecular complexity index is 1310. The molecule has 3 N–H and O–H groups in total. The molecule has 0 aromatic heterocycles. The summed E-state index contributed by atoms with van der Waals surface area (Å²) >= 11 is 0. The van der Waals surface area contributed by atoms with Crippen LogP contribution in [0.2, 0.25) is 0 Å². The van der Waals surface area contributed by atoms with Crippen LogP contribution in [0.1, 0.15) is 66.8 Å². The Morgan fingerprint density at radius 3 is 2.20 bits per heavy atom. The molecule has 1 aliphatic heterocycles. The minimum Gasteiger partial charge on any atom is -0.488 e. The molecule has 0 aliphatic carbocycles. The average molecular weight is 586 g/mol. The molecule has 0 fully saturated rings. The van der Waals surface area contributed by atoms with E-state index in [0.29, 0.717) is 6.42 Å². The largest absolute Gasteiger partial charge is 0.488 e. The molecule has 222 valence electrons. The van der Waals surface area contributed by atoms with Crippen LogP contribution in [-0.4, -0.2) is 59.0 Å². The van der Waals surface area contributed by atoms with Gasteiger partial charge >= 0.3 is 0 Å². The molecule has 3 rings (SSSR count). The van der Waals surface area contributed by atoms with Crippen molar-refractivity contribution in [1.29, 1.82) is 0 Å². The minimum absolute atomic E-state index is 0.0120. The maximum atomic E-state index is 13.5. The first-order valence-electron chi connectivity index (χ1n) is 13.8. The second-order valence-electron chi connectivity index (χ2n) is 11.3. The fraction of sp³-hybridized carbons (Fsp3) is 0.467. The van der Waals surface area contributed by atoms with E-state index in [-0.39, 0.29) is 47.6 Å². The van der Waals surface area contributed by atoms with Crippen LogP contribution in [0.3, 0.4) is 0 Å². The van der Waals surface area contributed by atoms with Gasteiger partial charge in [0.15, 0.2) is 0 Å². The van der Waals surface area contributed by atoms with E-state index in [4.69, 9.17) is 4.74 Å². The van der Waals surface area contributed by atoms with Gasteiger partial charge < -0.3 is 20.3 Å². The zero-order chi connectivity index (χ0) is 30.3. The second-order valence-corrected chi connectivity index (χ2v) is 13.6. The number of amides is 4. The maximum Gasteiger partial charge on any atom is 0.265 e. The van der Waals surface area contributed by atoms with E-state index >= 15 is 0 Å². The molecule has 4 amide bonds. The SMILES string of the molecule is CNC(=O)[C@H](CC(C)C)NC(=O)[C@H](CC(C)C)CP(=O)(O)CN1C(=O)c2cccc(OCc3ccccc3)c2C1=O. The number of fused-ring (bicyclic) bond motifs is 1. The summed E-state index contributed by atoms with van der Waals surface area (Å²) in [6.07, 6.45) is -0.480. The van der Waals surface area contributed by atoms with Gasteiger partial charge in [-0.2, -0.15) is 0 Å². The van der Waals surface area contributed by atoms with Gasteiger partial charge in [-0.1, -0.05) is 64.1 Å². The van der Waals surface area contributed by atoms with Gasteiger partial charge in [-0.05, 0) is 42.4 Å². The number of hydrogen-bond donors (Lipinski definition) is 3. The van der Waals surface area contributed by atoms with Gasteiger partial charge in [-0.3, -0.25) is 28.6 Å². The molecule has 0 spiro atoms. The third-order valence-corrected chi connectivity index (χ3v) is 8.52. The third kappa shape index (κ3) is 8.50. The van der Waals surface area contributed by atoms with Crippen LogP contribution >= 0.6 is 7.37 Å². The zero-order valence-corrected chi connectivity index (χ0v) is 25.1. The van der Waals surface area contributed by atoms with Crippen molar-refractivity contribution >= 4 is 31.0 Å². The number of nitrogens with one attached hydrogen (secondary N) is 2. The lowest BCUT2D eigenvalue weighted by Crippen LogP contribution is -2.49. The molecule has 41 heavy (non-hydrogen) atoms. The van der Waals surface area contributed by atoms with Gasteiger partial charge in [-0.25, -0.2) is 0 Å². The summed E-state index contributed by atoms with van der Waals surface area (Å²) in [4.78, 5) is 63.9. The van der Waals surface area contributed by atoms with E-state index in [1.54, 1.807) is 12.1 Å². The maximum absolute atomic E-state index is 13.5. The molecular weight excluding hydrogens is 545 g/mol. The predicted octanol–water partition coefficient (Wildman–Crippen LogP) is 4.03. The van der Waals surface area contributed by atoms with Gasteiger partial charge in [0.1, 0.15) is 24.7 Å². The van der Waals surface area contributed by atoms with Crippen molar-refractivity contribution in [3.8, 4) is 5.75 Å². The Kier molecular flexibility index (Phi) is 10.9.